The van der Waals surface area contributed by atoms with Crippen LogP contribution in [-0.2, 0) is 24.3 Å². The zero-order chi connectivity index (χ0) is 35.7. The lowest BCUT2D eigenvalue weighted by molar-refractivity contribution is -0.140. The first-order valence-corrected chi connectivity index (χ1v) is 19.1. The van der Waals surface area contributed by atoms with Gasteiger partial charge in [0.2, 0.25) is 16.4 Å². The van der Waals surface area contributed by atoms with Crippen molar-refractivity contribution in [3.63, 3.8) is 0 Å². The van der Waals surface area contributed by atoms with Gasteiger partial charge in [0.1, 0.15) is 16.5 Å². The van der Waals surface area contributed by atoms with Gasteiger partial charge >= 0.3 is 5.97 Å². The van der Waals surface area contributed by atoms with Gasteiger partial charge in [0.05, 0.1) is 24.6 Å². The van der Waals surface area contributed by atoms with E-state index in [1.54, 1.807) is 0 Å². The summed E-state index contributed by atoms with van der Waals surface area (Å²) in [6.45, 7) is 0.755. The highest BCUT2D eigenvalue weighted by Crippen LogP contribution is 2.44. The first-order valence-electron chi connectivity index (χ1n) is 16.9. The lowest BCUT2D eigenvalue weighted by Gasteiger charge is -2.33. The van der Waals surface area contributed by atoms with Gasteiger partial charge in [-0.3, -0.25) is 14.5 Å². The number of piperidine rings is 1. The Morgan fingerprint density at radius 3 is 2.10 bits per heavy atom. The van der Waals surface area contributed by atoms with Crippen molar-refractivity contribution in [1.82, 2.24) is 18.8 Å². The second kappa shape index (κ2) is 14.7. The van der Waals surface area contributed by atoms with E-state index in [2.05, 4.69) is 56.8 Å². The topological polar surface area (TPSA) is 115 Å². The first kappa shape index (κ1) is 35.1. The number of nitrogens with zero attached hydrogens (tertiary/aromatic N) is 5. The molecule has 3 heterocycles. The van der Waals surface area contributed by atoms with Crippen LogP contribution < -0.4 is 4.90 Å². The molecular formula is C38H37Cl2N5O5S. The van der Waals surface area contributed by atoms with Gasteiger partial charge in [-0.2, -0.15) is 4.31 Å². The van der Waals surface area contributed by atoms with Gasteiger partial charge in [-0.15, -0.1) is 0 Å². The number of hydrogen-bond donors (Lipinski definition) is 0. The molecule has 10 nitrogen and oxygen atoms in total. The van der Waals surface area contributed by atoms with Crippen LogP contribution in [-0.4, -0.2) is 66.4 Å². The fourth-order valence-corrected chi connectivity index (χ4v) is 8.60. The van der Waals surface area contributed by atoms with E-state index < -0.39 is 16.0 Å². The van der Waals surface area contributed by atoms with Crippen LogP contribution in [0.3, 0.4) is 0 Å². The van der Waals surface area contributed by atoms with Crippen LogP contribution in [0.2, 0.25) is 10.0 Å². The molecule has 0 unspecified atom stereocenters. The number of ether oxygens (including phenoxy) is 1. The molecule has 1 saturated carbocycles. The number of carbonyl (C=O) groups excluding carboxylic acids is 2. The SMILES string of the molecule is COC(=O)CCN(C=O)c1ccc(S(=O)(=O)N2CCC(n3c(C4CC4)nc4ccc(C(c5ccc(Cl)cc5)c5ccc(Cl)cc5)cc43)CC2)cn1. The van der Waals surface area contributed by atoms with Crippen molar-refractivity contribution in [1.29, 1.82) is 0 Å². The van der Waals surface area contributed by atoms with Crippen molar-refractivity contribution in [2.24, 2.45) is 0 Å². The number of hydrogen-bond acceptors (Lipinski definition) is 7. The molecule has 3 aromatic carbocycles. The highest BCUT2D eigenvalue weighted by molar-refractivity contribution is 7.89. The molecule has 7 rings (SSSR count). The van der Waals surface area contributed by atoms with Crippen molar-refractivity contribution in [3.8, 4) is 0 Å². The number of fused-ring (bicyclic) bond motifs is 1. The van der Waals surface area contributed by atoms with Crippen LogP contribution in [0.15, 0.2) is 90.0 Å². The average molecular weight is 747 g/mol. The fraction of sp³-hybridized carbons (Fsp3) is 0.316. The predicted octanol–water partition coefficient (Wildman–Crippen LogP) is 7.35. The van der Waals surface area contributed by atoms with E-state index in [9.17, 15) is 18.0 Å². The monoisotopic (exact) mass is 745 g/mol. The molecular weight excluding hydrogens is 709 g/mol. The number of carbonyl (C=O) groups is 2. The lowest BCUT2D eigenvalue weighted by atomic mass is 9.85. The second-order valence-electron chi connectivity index (χ2n) is 13.0. The standard InChI is InChI=1S/C38H37Cl2N5O5S/c1-50-36(47)18-19-43(24-46)35-15-13-32(23-41-35)51(48,49)44-20-16-31(17-21-44)45-34-22-28(8-14-33(34)42-38(45)27-2-3-27)37(25-4-9-29(39)10-5-25)26-6-11-30(40)12-7-26/h4-15,22-24,27,31,37H,2-3,16-21H2,1H3. The summed E-state index contributed by atoms with van der Waals surface area (Å²) in [5, 5.41) is 1.35. The van der Waals surface area contributed by atoms with Gasteiger partial charge in [-0.25, -0.2) is 18.4 Å². The molecule has 1 saturated heterocycles. The minimum atomic E-state index is -3.83. The third kappa shape index (κ3) is 7.39. The summed E-state index contributed by atoms with van der Waals surface area (Å²) in [6.07, 6.45) is 5.25. The van der Waals surface area contributed by atoms with Gasteiger partial charge in [-0.1, -0.05) is 53.5 Å². The number of esters is 1. The second-order valence-corrected chi connectivity index (χ2v) is 15.8. The number of methoxy groups -OCH3 is 1. The smallest absolute Gasteiger partial charge is 0.307 e. The maximum absolute atomic E-state index is 13.7. The quantitative estimate of drug-likeness (QED) is 0.0746. The van der Waals surface area contributed by atoms with E-state index >= 15 is 0 Å². The first-order chi connectivity index (χ1) is 24.7. The highest BCUT2D eigenvalue weighted by atomic mass is 35.5. The summed E-state index contributed by atoms with van der Waals surface area (Å²) in [5.41, 5.74) is 5.32. The number of pyridine rings is 1. The van der Waals surface area contributed by atoms with E-state index in [0.717, 1.165) is 46.4 Å². The zero-order valence-corrected chi connectivity index (χ0v) is 30.3. The Hall–Kier alpha value is -4.29. The van der Waals surface area contributed by atoms with Crippen LogP contribution in [0.25, 0.3) is 11.0 Å². The number of amides is 1. The molecule has 1 aliphatic carbocycles. The molecule has 0 bridgehead atoms. The largest absolute Gasteiger partial charge is 0.469 e. The lowest BCUT2D eigenvalue weighted by Crippen LogP contribution is -2.39. The van der Waals surface area contributed by atoms with E-state index in [-0.39, 0.29) is 35.6 Å². The molecule has 0 radical (unpaired) electrons. The van der Waals surface area contributed by atoms with Crippen LogP contribution in [0.4, 0.5) is 5.82 Å². The molecule has 2 aromatic heterocycles. The zero-order valence-electron chi connectivity index (χ0n) is 28.0. The molecule has 0 N–H and O–H groups in total. The van der Waals surface area contributed by atoms with E-state index in [0.29, 0.717) is 48.3 Å². The van der Waals surface area contributed by atoms with Gasteiger partial charge < -0.3 is 9.30 Å². The number of anilines is 1. The third-order valence-corrected chi connectivity index (χ3v) is 12.2. The maximum atomic E-state index is 13.7. The van der Waals surface area contributed by atoms with Gasteiger partial charge in [0.25, 0.3) is 0 Å². The van der Waals surface area contributed by atoms with Gasteiger partial charge in [-0.05, 0) is 90.9 Å². The van der Waals surface area contributed by atoms with Crippen molar-refractivity contribution in [3.05, 3.63) is 118 Å². The van der Waals surface area contributed by atoms with Crippen LogP contribution in [0.1, 0.15) is 72.5 Å². The number of benzene rings is 3. The minimum Gasteiger partial charge on any atom is -0.469 e. The summed E-state index contributed by atoms with van der Waals surface area (Å²) < 4.78 is 36.0. The molecule has 0 atom stereocenters. The number of halogens is 2. The number of sulfonamides is 1. The van der Waals surface area contributed by atoms with Crippen molar-refractivity contribution in [2.45, 2.75) is 54.9 Å². The van der Waals surface area contributed by atoms with Crippen molar-refractivity contribution in [2.75, 3.05) is 31.6 Å². The fourth-order valence-electron chi connectivity index (χ4n) is 6.93. The summed E-state index contributed by atoms with van der Waals surface area (Å²) >= 11 is 12.5. The molecule has 1 aliphatic heterocycles. The van der Waals surface area contributed by atoms with Crippen LogP contribution >= 0.6 is 23.2 Å². The normalized spacial score (nSPS) is 15.7. The Morgan fingerprint density at radius 1 is 0.922 bits per heavy atom. The van der Waals surface area contributed by atoms with Crippen molar-refractivity contribution < 1.29 is 22.7 Å². The predicted molar refractivity (Wildman–Crippen MR) is 197 cm³/mol. The third-order valence-electron chi connectivity index (χ3n) is 9.78. The van der Waals surface area contributed by atoms with Crippen molar-refractivity contribution >= 4 is 62.5 Å². The molecule has 5 aromatic rings. The molecule has 13 heteroatoms. The summed E-state index contributed by atoms with van der Waals surface area (Å²) in [4.78, 5) is 33.8. The highest BCUT2D eigenvalue weighted by Gasteiger charge is 2.36. The van der Waals surface area contributed by atoms with E-state index in [1.165, 1.54) is 34.6 Å². The van der Waals surface area contributed by atoms with Gasteiger partial charge in [0.15, 0.2) is 0 Å². The average Bonchev–Trinajstić information content (AvgIpc) is 3.93. The molecule has 2 aliphatic rings. The molecule has 1 amide bonds. The Morgan fingerprint density at radius 2 is 1.55 bits per heavy atom. The summed E-state index contributed by atoms with van der Waals surface area (Å²) in [6, 6.07) is 25.4. The summed E-state index contributed by atoms with van der Waals surface area (Å²) in [7, 11) is -2.55. The molecule has 0 spiro atoms. The Labute approximate surface area is 307 Å². The van der Waals surface area contributed by atoms with E-state index in [4.69, 9.17) is 28.2 Å². The number of imidazole rings is 1. The van der Waals surface area contributed by atoms with Gasteiger partial charge in [0, 0.05) is 53.8 Å². The van der Waals surface area contributed by atoms with Crippen LogP contribution in [0.5, 0.6) is 0 Å². The number of aromatic nitrogens is 3. The van der Waals surface area contributed by atoms with Crippen LogP contribution in [0, 0.1) is 0 Å². The molecule has 264 valence electrons. The molecule has 2 fully saturated rings. The molecule has 51 heavy (non-hydrogen) atoms. The van der Waals surface area contributed by atoms with E-state index in [1.807, 2.05) is 24.3 Å². The number of rotatable bonds is 12. The Kier molecular flexibility index (Phi) is 10.2. The maximum Gasteiger partial charge on any atom is 0.307 e. The minimum absolute atomic E-state index is 0.00677. The Bertz CT molecular complexity index is 2100. The summed E-state index contributed by atoms with van der Waals surface area (Å²) in [5.74, 6) is 1.20. The Balaban J connectivity index is 1.14.